The number of rotatable bonds is 4. The van der Waals surface area contributed by atoms with E-state index < -0.39 is 11.7 Å². The molecule has 1 atom stereocenters. The topological polar surface area (TPSA) is 107 Å². The Labute approximate surface area is 165 Å². The van der Waals surface area contributed by atoms with Crippen molar-refractivity contribution in [2.75, 3.05) is 5.32 Å². The lowest BCUT2D eigenvalue weighted by Crippen LogP contribution is -2.32. The molecule has 1 unspecified atom stereocenters. The third-order valence-electron chi connectivity index (χ3n) is 5.04. The number of fused-ring (bicyclic) bond motifs is 1. The predicted molar refractivity (Wildman–Crippen MR) is 106 cm³/mol. The molecule has 0 fully saturated rings. The van der Waals surface area contributed by atoms with E-state index in [4.69, 9.17) is 0 Å². The van der Waals surface area contributed by atoms with Gasteiger partial charge in [0, 0.05) is 29.5 Å². The van der Waals surface area contributed by atoms with E-state index in [2.05, 4.69) is 20.8 Å². The van der Waals surface area contributed by atoms with Gasteiger partial charge in [-0.05, 0) is 36.3 Å². The zero-order valence-corrected chi connectivity index (χ0v) is 15.6. The van der Waals surface area contributed by atoms with Gasteiger partial charge in [0.2, 0.25) is 11.8 Å². The van der Waals surface area contributed by atoms with Gasteiger partial charge in [-0.15, -0.1) is 0 Å². The summed E-state index contributed by atoms with van der Waals surface area (Å²) in [6, 6.07) is 9.42. The van der Waals surface area contributed by atoms with Crippen LogP contribution in [0.1, 0.15) is 31.2 Å². The molecular weight excluding hydrogens is 375 g/mol. The smallest absolute Gasteiger partial charge is 0.228 e. The highest BCUT2D eigenvalue weighted by Gasteiger charge is 2.29. The molecule has 29 heavy (non-hydrogen) atoms. The van der Waals surface area contributed by atoms with Crippen LogP contribution in [0.25, 0.3) is 10.9 Å². The summed E-state index contributed by atoms with van der Waals surface area (Å²) >= 11 is 0. The predicted octanol–water partition coefficient (Wildman–Crippen LogP) is 3.31. The van der Waals surface area contributed by atoms with Crippen LogP contribution in [0.15, 0.2) is 53.9 Å². The zero-order valence-electron chi connectivity index (χ0n) is 15.6. The molecule has 7 nitrogen and oxygen atoms in total. The van der Waals surface area contributed by atoms with E-state index in [1.807, 2.05) is 0 Å². The fourth-order valence-corrected chi connectivity index (χ4v) is 3.65. The van der Waals surface area contributed by atoms with Crippen LogP contribution >= 0.6 is 0 Å². The number of benzene rings is 2. The minimum atomic E-state index is -0.567. The molecule has 2 aromatic carbocycles. The summed E-state index contributed by atoms with van der Waals surface area (Å²) < 4.78 is 14.3. The van der Waals surface area contributed by atoms with Crippen LogP contribution in [0.3, 0.4) is 0 Å². The third kappa shape index (κ3) is 3.82. The van der Waals surface area contributed by atoms with E-state index in [9.17, 15) is 19.1 Å². The normalized spacial score (nSPS) is 16.8. The summed E-state index contributed by atoms with van der Waals surface area (Å²) in [5.74, 6) is -1.38. The SMILES string of the molecule is CC1=C(CC(=O)Nc2cc3cn[nH]c3cc2F)C(c2cccc(O)c2)CC(=O)N1. The van der Waals surface area contributed by atoms with Crippen molar-refractivity contribution in [3.8, 4) is 5.75 Å². The Balaban J connectivity index is 1.59. The lowest BCUT2D eigenvalue weighted by molar-refractivity contribution is -0.121. The molecule has 4 N–H and O–H groups in total. The summed E-state index contributed by atoms with van der Waals surface area (Å²) in [6.45, 7) is 1.73. The lowest BCUT2D eigenvalue weighted by Gasteiger charge is -2.28. The number of nitrogens with one attached hydrogen (secondary N) is 3. The first-order valence-electron chi connectivity index (χ1n) is 9.11. The van der Waals surface area contributed by atoms with Crippen LogP contribution < -0.4 is 10.6 Å². The number of phenols is 1. The van der Waals surface area contributed by atoms with Crippen LogP contribution in [0.5, 0.6) is 5.75 Å². The molecule has 0 saturated carbocycles. The molecule has 1 aliphatic heterocycles. The standard InChI is InChI=1S/C21H19FN4O3/c1-11-15(16(8-20(28)24-11)12-3-2-4-14(27)5-12)7-21(29)25-19-6-13-10-23-26-18(13)9-17(19)22/h2-6,9-10,16,27H,7-8H2,1H3,(H,23,26)(H,24,28)(H,25,29). The number of aromatic hydroxyl groups is 1. The molecule has 1 aliphatic rings. The van der Waals surface area contributed by atoms with Crippen molar-refractivity contribution in [2.45, 2.75) is 25.7 Å². The number of aromatic nitrogens is 2. The number of H-pyrrole nitrogens is 1. The molecule has 0 radical (unpaired) electrons. The van der Waals surface area contributed by atoms with Crippen LogP contribution in [0, 0.1) is 5.82 Å². The third-order valence-corrected chi connectivity index (χ3v) is 5.04. The molecule has 0 spiro atoms. The van der Waals surface area contributed by atoms with E-state index in [0.717, 1.165) is 11.1 Å². The van der Waals surface area contributed by atoms with Gasteiger partial charge in [0.1, 0.15) is 11.6 Å². The van der Waals surface area contributed by atoms with Gasteiger partial charge in [-0.3, -0.25) is 14.7 Å². The van der Waals surface area contributed by atoms with E-state index >= 15 is 0 Å². The molecule has 148 valence electrons. The van der Waals surface area contributed by atoms with Gasteiger partial charge < -0.3 is 15.7 Å². The lowest BCUT2D eigenvalue weighted by atomic mass is 9.82. The van der Waals surface area contributed by atoms with Crippen molar-refractivity contribution in [3.63, 3.8) is 0 Å². The minimum absolute atomic E-state index is 0.0186. The zero-order chi connectivity index (χ0) is 20.5. The molecule has 2 amide bonds. The highest BCUT2D eigenvalue weighted by Crippen LogP contribution is 2.36. The summed E-state index contributed by atoms with van der Waals surface area (Å²) in [5, 5.41) is 22.4. The maximum absolute atomic E-state index is 14.3. The van der Waals surface area contributed by atoms with Gasteiger partial charge in [0.15, 0.2) is 0 Å². The average Bonchev–Trinajstić information content (AvgIpc) is 3.11. The number of aromatic amines is 1. The molecule has 8 heteroatoms. The number of anilines is 1. The molecule has 3 aromatic rings. The van der Waals surface area contributed by atoms with Gasteiger partial charge in [0.25, 0.3) is 0 Å². The van der Waals surface area contributed by atoms with Gasteiger partial charge in [-0.2, -0.15) is 5.10 Å². The highest BCUT2D eigenvalue weighted by atomic mass is 19.1. The number of phenolic OH excluding ortho intramolecular Hbond substituents is 1. The second-order valence-corrected chi connectivity index (χ2v) is 7.06. The monoisotopic (exact) mass is 394 g/mol. The summed E-state index contributed by atoms with van der Waals surface area (Å²) in [5.41, 5.74) is 2.66. The van der Waals surface area contributed by atoms with Gasteiger partial charge >= 0.3 is 0 Å². The first-order chi connectivity index (χ1) is 13.9. The minimum Gasteiger partial charge on any atom is -0.508 e. The van der Waals surface area contributed by atoms with Crippen molar-refractivity contribution in [2.24, 2.45) is 0 Å². The number of carbonyl (C=O) groups is 2. The maximum atomic E-state index is 14.3. The van der Waals surface area contributed by atoms with Crippen molar-refractivity contribution in [3.05, 3.63) is 65.2 Å². The molecule has 4 rings (SSSR count). The first-order valence-corrected chi connectivity index (χ1v) is 9.11. The number of allylic oxidation sites excluding steroid dienone is 1. The Bertz CT molecular complexity index is 1150. The Hall–Kier alpha value is -3.68. The number of nitrogens with zero attached hydrogens (tertiary/aromatic N) is 1. The van der Waals surface area contributed by atoms with Crippen LogP contribution in [-0.2, 0) is 9.59 Å². The second kappa shape index (κ2) is 7.38. The summed E-state index contributed by atoms with van der Waals surface area (Å²) in [7, 11) is 0. The van der Waals surface area contributed by atoms with Gasteiger partial charge in [-0.25, -0.2) is 4.39 Å². The van der Waals surface area contributed by atoms with E-state index in [1.165, 1.54) is 12.1 Å². The number of carbonyl (C=O) groups excluding carboxylic acids is 2. The Morgan fingerprint density at radius 1 is 1.34 bits per heavy atom. The quantitative estimate of drug-likeness (QED) is 0.544. The highest BCUT2D eigenvalue weighted by molar-refractivity contribution is 5.95. The van der Waals surface area contributed by atoms with E-state index in [-0.39, 0.29) is 36.1 Å². The van der Waals surface area contributed by atoms with Crippen LogP contribution in [0.4, 0.5) is 10.1 Å². The fourth-order valence-electron chi connectivity index (χ4n) is 3.65. The van der Waals surface area contributed by atoms with Crippen LogP contribution in [0.2, 0.25) is 0 Å². The van der Waals surface area contributed by atoms with Crippen LogP contribution in [-0.4, -0.2) is 27.1 Å². The molecular formula is C21H19FN4O3. The first kappa shape index (κ1) is 18.7. The number of hydrogen-bond acceptors (Lipinski definition) is 4. The summed E-state index contributed by atoms with van der Waals surface area (Å²) in [6.07, 6.45) is 1.69. The number of halogens is 1. The average molecular weight is 394 g/mol. The second-order valence-electron chi connectivity index (χ2n) is 7.06. The van der Waals surface area contributed by atoms with Crippen molar-refractivity contribution in [1.29, 1.82) is 0 Å². The summed E-state index contributed by atoms with van der Waals surface area (Å²) in [4.78, 5) is 24.7. The maximum Gasteiger partial charge on any atom is 0.228 e. The number of amides is 2. The molecule has 0 bridgehead atoms. The molecule has 2 heterocycles. The van der Waals surface area contributed by atoms with Crippen molar-refractivity contribution < 1.29 is 19.1 Å². The van der Waals surface area contributed by atoms with E-state index in [0.29, 0.717) is 16.6 Å². The van der Waals surface area contributed by atoms with Gasteiger partial charge in [-0.1, -0.05) is 12.1 Å². The van der Waals surface area contributed by atoms with Crippen molar-refractivity contribution in [1.82, 2.24) is 15.5 Å². The molecule has 0 saturated heterocycles. The number of hydrogen-bond donors (Lipinski definition) is 4. The van der Waals surface area contributed by atoms with Crippen molar-refractivity contribution >= 4 is 28.4 Å². The molecule has 0 aliphatic carbocycles. The molecule has 1 aromatic heterocycles. The Kier molecular flexibility index (Phi) is 4.75. The van der Waals surface area contributed by atoms with Gasteiger partial charge in [0.05, 0.1) is 23.8 Å². The fraction of sp³-hybridized carbons (Fsp3) is 0.190. The van der Waals surface area contributed by atoms with E-state index in [1.54, 1.807) is 37.4 Å². The Morgan fingerprint density at radius 2 is 2.17 bits per heavy atom. The Morgan fingerprint density at radius 3 is 2.97 bits per heavy atom. The largest absolute Gasteiger partial charge is 0.508 e.